The molecule has 4 aliphatic heterocycles. The molecule has 0 unspecified atom stereocenters. The van der Waals surface area contributed by atoms with Crippen molar-refractivity contribution in [2.24, 2.45) is 0 Å². The topological polar surface area (TPSA) is 95.1 Å². The Morgan fingerprint density at radius 2 is 1.60 bits per heavy atom. The van der Waals surface area contributed by atoms with Crippen LogP contribution >= 0.6 is 0 Å². The van der Waals surface area contributed by atoms with Gasteiger partial charge in [-0.25, -0.2) is 4.79 Å². The van der Waals surface area contributed by atoms with Crippen LogP contribution < -0.4 is 14.4 Å². The fraction of sp³-hybridized carbons (Fsp3) is 0.559. The number of hydrogen-bond acceptors (Lipinski definition) is 8. The minimum absolute atomic E-state index is 0.00331. The summed E-state index contributed by atoms with van der Waals surface area (Å²) in [5.41, 5.74) is 2.39. The molecular formula is C34H45N5O6. The molecule has 45 heavy (non-hydrogen) atoms. The number of methoxy groups -OCH3 is 1. The highest BCUT2D eigenvalue weighted by Gasteiger charge is 2.35. The number of anilines is 1. The number of para-hydroxylation sites is 1. The molecule has 242 valence electrons. The molecule has 3 fully saturated rings. The van der Waals surface area contributed by atoms with Crippen molar-refractivity contribution in [1.29, 1.82) is 0 Å². The first-order chi connectivity index (χ1) is 21.9. The average Bonchev–Trinajstić information content (AvgIpc) is 3.08. The SMILES string of the molecule is COc1cc(OC2CCN(C(=O)CCN3CCN(C)CC3)CC2)ccc1C(=O)N1CCC(N2C(=O)OCc3ccccc32)CC1. The predicted octanol–water partition coefficient (Wildman–Crippen LogP) is 3.46. The minimum Gasteiger partial charge on any atom is -0.496 e. The number of nitrogens with zero attached hydrogens (tertiary/aromatic N) is 5. The lowest BCUT2D eigenvalue weighted by atomic mass is 10.00. The van der Waals surface area contributed by atoms with E-state index in [1.165, 1.54) is 0 Å². The maximum Gasteiger partial charge on any atom is 0.414 e. The number of carbonyl (C=O) groups excluding carboxylic acids is 3. The van der Waals surface area contributed by atoms with Gasteiger partial charge in [-0.1, -0.05) is 18.2 Å². The molecule has 11 nitrogen and oxygen atoms in total. The molecule has 0 bridgehead atoms. The summed E-state index contributed by atoms with van der Waals surface area (Å²) >= 11 is 0. The lowest BCUT2D eigenvalue weighted by Gasteiger charge is -2.40. The molecule has 2 aromatic rings. The first kappa shape index (κ1) is 31.2. The third kappa shape index (κ3) is 7.20. The summed E-state index contributed by atoms with van der Waals surface area (Å²) in [7, 11) is 3.70. The van der Waals surface area contributed by atoms with E-state index >= 15 is 0 Å². The van der Waals surface area contributed by atoms with Crippen LogP contribution in [0.25, 0.3) is 0 Å². The van der Waals surface area contributed by atoms with Crippen LogP contribution in [0.1, 0.15) is 48.0 Å². The number of carbonyl (C=O) groups is 3. The highest BCUT2D eigenvalue weighted by molar-refractivity contribution is 5.97. The number of piperidine rings is 2. The number of fused-ring (bicyclic) bond motifs is 1. The monoisotopic (exact) mass is 619 g/mol. The summed E-state index contributed by atoms with van der Waals surface area (Å²) in [4.78, 5) is 49.3. The molecule has 11 heteroatoms. The Morgan fingerprint density at radius 3 is 2.33 bits per heavy atom. The maximum absolute atomic E-state index is 13.6. The fourth-order valence-electron chi connectivity index (χ4n) is 6.84. The zero-order valence-electron chi connectivity index (χ0n) is 26.5. The van der Waals surface area contributed by atoms with Crippen LogP contribution in [0.15, 0.2) is 42.5 Å². The van der Waals surface area contributed by atoms with Crippen LogP contribution in [0.2, 0.25) is 0 Å². The summed E-state index contributed by atoms with van der Waals surface area (Å²) in [5.74, 6) is 1.26. The van der Waals surface area contributed by atoms with Crippen LogP contribution in [-0.2, 0) is 16.1 Å². The number of cyclic esters (lactones) is 1. The minimum atomic E-state index is -0.325. The van der Waals surface area contributed by atoms with Crippen molar-refractivity contribution >= 4 is 23.6 Å². The van der Waals surface area contributed by atoms with Crippen molar-refractivity contribution < 1.29 is 28.6 Å². The Hall–Kier alpha value is -3.83. The second kappa shape index (κ2) is 14.1. The van der Waals surface area contributed by atoms with E-state index in [2.05, 4.69) is 16.8 Å². The van der Waals surface area contributed by atoms with E-state index in [0.717, 1.165) is 56.8 Å². The quantitative estimate of drug-likeness (QED) is 0.444. The lowest BCUT2D eigenvalue weighted by Crippen LogP contribution is -2.50. The van der Waals surface area contributed by atoms with Gasteiger partial charge in [0.1, 0.15) is 24.2 Å². The Labute approximate surface area is 265 Å². The van der Waals surface area contributed by atoms with E-state index in [0.29, 0.717) is 69.1 Å². The van der Waals surface area contributed by atoms with Crippen LogP contribution in [0, 0.1) is 0 Å². The van der Waals surface area contributed by atoms with Gasteiger partial charge in [0.25, 0.3) is 5.91 Å². The molecule has 0 radical (unpaired) electrons. The number of likely N-dealkylation sites (N-methyl/N-ethyl adjacent to an activating group) is 1. The van der Waals surface area contributed by atoms with E-state index in [1.807, 2.05) is 40.1 Å². The van der Waals surface area contributed by atoms with E-state index < -0.39 is 0 Å². The number of amides is 3. The smallest absolute Gasteiger partial charge is 0.414 e. The van der Waals surface area contributed by atoms with Gasteiger partial charge in [-0.2, -0.15) is 0 Å². The molecule has 6 rings (SSSR count). The Kier molecular flexibility index (Phi) is 9.75. The molecule has 0 aliphatic carbocycles. The van der Waals surface area contributed by atoms with E-state index in [-0.39, 0.29) is 30.1 Å². The zero-order chi connectivity index (χ0) is 31.3. The third-order valence-corrected chi connectivity index (χ3v) is 9.65. The van der Waals surface area contributed by atoms with E-state index in [1.54, 1.807) is 24.1 Å². The maximum atomic E-state index is 13.6. The molecule has 0 saturated carbocycles. The number of hydrogen-bond donors (Lipinski definition) is 0. The largest absolute Gasteiger partial charge is 0.496 e. The summed E-state index contributed by atoms with van der Waals surface area (Å²) in [6.45, 7) is 7.73. The van der Waals surface area contributed by atoms with Crippen molar-refractivity contribution in [2.45, 2.75) is 50.9 Å². The lowest BCUT2D eigenvalue weighted by molar-refractivity contribution is -0.133. The molecule has 4 heterocycles. The molecule has 0 N–H and O–H groups in total. The first-order valence-electron chi connectivity index (χ1n) is 16.3. The third-order valence-electron chi connectivity index (χ3n) is 9.65. The summed E-state index contributed by atoms with van der Waals surface area (Å²) in [5, 5.41) is 0. The van der Waals surface area contributed by atoms with Gasteiger partial charge in [-0.3, -0.25) is 14.5 Å². The number of rotatable bonds is 8. The predicted molar refractivity (Wildman–Crippen MR) is 170 cm³/mol. The number of likely N-dealkylation sites (tertiary alicyclic amines) is 2. The van der Waals surface area contributed by atoms with Gasteiger partial charge in [0.15, 0.2) is 0 Å². The number of benzene rings is 2. The highest BCUT2D eigenvalue weighted by Crippen LogP contribution is 2.33. The van der Waals surface area contributed by atoms with Crippen molar-refractivity contribution in [1.82, 2.24) is 19.6 Å². The number of ether oxygens (including phenoxy) is 3. The van der Waals surface area contributed by atoms with Gasteiger partial charge in [-0.15, -0.1) is 0 Å². The van der Waals surface area contributed by atoms with E-state index in [4.69, 9.17) is 14.2 Å². The molecule has 3 saturated heterocycles. The first-order valence-corrected chi connectivity index (χ1v) is 16.3. The molecular weight excluding hydrogens is 574 g/mol. The van der Waals surface area contributed by atoms with Gasteiger partial charge < -0.3 is 33.8 Å². The summed E-state index contributed by atoms with van der Waals surface area (Å²) < 4.78 is 17.3. The zero-order valence-corrected chi connectivity index (χ0v) is 26.5. The number of piperazine rings is 1. The Morgan fingerprint density at radius 1 is 0.889 bits per heavy atom. The average molecular weight is 620 g/mol. The Bertz CT molecular complexity index is 1360. The summed E-state index contributed by atoms with van der Waals surface area (Å²) in [6, 6.07) is 13.2. The van der Waals surface area contributed by atoms with Gasteiger partial charge in [0.05, 0.1) is 18.4 Å². The second-order valence-corrected chi connectivity index (χ2v) is 12.5. The highest BCUT2D eigenvalue weighted by atomic mass is 16.6. The standard InChI is InChI=1S/C34H45N5O6/c1-35-19-21-36(22-20-35)14-13-32(40)37-17-11-27(12-18-37)45-28-7-8-29(31(23-28)43-2)33(41)38-15-9-26(10-16-38)39-30-6-4-3-5-25(30)24-44-34(39)42/h3-8,23,26-27H,9-22,24H2,1-2H3. The van der Waals surface area contributed by atoms with Gasteiger partial charge >= 0.3 is 6.09 Å². The molecule has 2 aromatic carbocycles. The second-order valence-electron chi connectivity index (χ2n) is 12.5. The molecule has 0 spiro atoms. The van der Waals surface area contributed by atoms with Crippen LogP contribution in [0.4, 0.5) is 10.5 Å². The van der Waals surface area contributed by atoms with Gasteiger partial charge in [0.2, 0.25) is 5.91 Å². The summed E-state index contributed by atoms with van der Waals surface area (Å²) in [6.07, 6.45) is 3.11. The van der Waals surface area contributed by atoms with Gasteiger partial charge in [0, 0.05) is 95.8 Å². The van der Waals surface area contributed by atoms with Gasteiger partial charge in [-0.05, 0) is 38.1 Å². The van der Waals surface area contributed by atoms with Crippen LogP contribution in [0.3, 0.4) is 0 Å². The molecule has 3 amide bonds. The van der Waals surface area contributed by atoms with E-state index in [9.17, 15) is 14.4 Å². The molecule has 4 aliphatic rings. The fourth-order valence-corrected chi connectivity index (χ4v) is 6.84. The van der Waals surface area contributed by atoms with Crippen LogP contribution in [0.5, 0.6) is 11.5 Å². The normalized spacial score (nSPS) is 20.5. The van der Waals surface area contributed by atoms with Crippen molar-refractivity contribution in [2.75, 3.05) is 78.0 Å². The molecule has 0 aromatic heterocycles. The molecule has 0 atom stereocenters. The van der Waals surface area contributed by atoms with Crippen molar-refractivity contribution in [3.63, 3.8) is 0 Å². The van der Waals surface area contributed by atoms with Crippen LogP contribution in [-0.4, -0.2) is 123 Å². The Balaban J connectivity index is 0.985. The van der Waals surface area contributed by atoms with Crippen molar-refractivity contribution in [3.05, 3.63) is 53.6 Å². The van der Waals surface area contributed by atoms with Crippen molar-refractivity contribution in [3.8, 4) is 11.5 Å².